The highest BCUT2D eigenvalue weighted by molar-refractivity contribution is 6.25. The van der Waals surface area contributed by atoms with Crippen molar-refractivity contribution in [2.24, 2.45) is 0 Å². The Morgan fingerprint density at radius 2 is 1.59 bits per heavy atom. The molecule has 0 heterocycles. The first-order valence-corrected chi connectivity index (χ1v) is 9.60. The molecule has 22 heavy (non-hydrogen) atoms. The van der Waals surface area contributed by atoms with E-state index in [2.05, 4.69) is 39.8 Å². The van der Waals surface area contributed by atoms with Crippen LogP contribution in [0, 0.1) is 0 Å². The van der Waals surface area contributed by atoms with Gasteiger partial charge in [0.15, 0.2) is 0 Å². The number of hydrogen-bond acceptors (Lipinski definition) is 1. The summed E-state index contributed by atoms with van der Waals surface area (Å²) in [6.45, 7) is 24.5. The van der Waals surface area contributed by atoms with E-state index in [1.54, 1.807) is 6.08 Å². The fraction of sp³-hybridized carbons (Fsp3) is 0.500. The summed E-state index contributed by atoms with van der Waals surface area (Å²) < 4.78 is 5.62. The van der Waals surface area contributed by atoms with E-state index < -0.39 is 0 Å². The van der Waals surface area contributed by atoms with Crippen LogP contribution in [0.2, 0.25) is 6.55 Å². The Balaban J connectivity index is 4.26. The Morgan fingerprint density at radius 3 is 2.14 bits per heavy atom. The number of rotatable bonds is 14. The molecule has 0 rings (SSSR count). The van der Waals surface area contributed by atoms with Crippen LogP contribution in [-0.2, 0) is 4.43 Å². The van der Waals surface area contributed by atoms with Gasteiger partial charge in [0.25, 0.3) is 0 Å². The molecule has 2 radical (unpaired) electrons. The molecule has 0 saturated carbocycles. The summed E-state index contributed by atoms with van der Waals surface area (Å²) in [4.78, 5) is 0. The number of unbranched alkanes of at least 4 members (excludes halogenated alkanes) is 5. The van der Waals surface area contributed by atoms with Gasteiger partial charge in [0.2, 0.25) is 9.76 Å². The summed E-state index contributed by atoms with van der Waals surface area (Å²) in [5.41, 5.74) is 3.62. The van der Waals surface area contributed by atoms with Crippen molar-refractivity contribution in [3.05, 3.63) is 61.3 Å². The topological polar surface area (TPSA) is 9.23 Å². The first-order valence-electron chi connectivity index (χ1n) is 8.19. The lowest BCUT2D eigenvalue weighted by Gasteiger charge is -2.20. The molecule has 0 fully saturated rings. The van der Waals surface area contributed by atoms with Gasteiger partial charge in [-0.25, -0.2) is 0 Å². The molecule has 2 heteroatoms. The first-order chi connectivity index (χ1) is 10.5. The lowest BCUT2D eigenvalue weighted by atomic mass is 9.91. The minimum absolute atomic E-state index is 0.186. The monoisotopic (exact) mass is 316 g/mol. The van der Waals surface area contributed by atoms with E-state index in [0.29, 0.717) is 9.76 Å². The summed E-state index contributed by atoms with van der Waals surface area (Å²) in [6, 6.07) is 0. The number of allylic oxidation sites excluding steroid dienone is 2. The van der Waals surface area contributed by atoms with E-state index in [9.17, 15) is 0 Å². The van der Waals surface area contributed by atoms with Gasteiger partial charge in [0.05, 0.1) is 6.10 Å². The molecule has 122 valence electrons. The van der Waals surface area contributed by atoms with Crippen molar-refractivity contribution in [1.82, 2.24) is 0 Å². The highest BCUT2D eigenvalue weighted by atomic mass is 28.2. The van der Waals surface area contributed by atoms with E-state index in [0.717, 1.165) is 28.7 Å². The molecule has 0 amide bonds. The van der Waals surface area contributed by atoms with Gasteiger partial charge in [0, 0.05) is 0 Å². The van der Waals surface area contributed by atoms with Gasteiger partial charge in [-0.2, -0.15) is 0 Å². The Bertz CT molecular complexity index is 406. The quantitative estimate of drug-likeness (QED) is 0.160. The van der Waals surface area contributed by atoms with Crippen molar-refractivity contribution in [2.75, 3.05) is 0 Å². The third-order valence-electron chi connectivity index (χ3n) is 3.81. The maximum Gasteiger partial charge on any atom is 0.227 e. The Morgan fingerprint density at radius 1 is 1.00 bits per heavy atom. The normalized spacial score (nSPS) is 11.7. The van der Waals surface area contributed by atoms with E-state index in [1.807, 2.05) is 6.55 Å². The van der Waals surface area contributed by atoms with Gasteiger partial charge in [-0.15, -0.1) is 6.58 Å². The smallest absolute Gasteiger partial charge is 0.227 e. The van der Waals surface area contributed by atoms with Crippen LogP contribution in [0.3, 0.4) is 0 Å². The van der Waals surface area contributed by atoms with E-state index in [-0.39, 0.29) is 6.10 Å². The summed E-state index contributed by atoms with van der Waals surface area (Å²) in [6.07, 6.45) is 10.2. The molecule has 0 N–H and O–H groups in total. The SMILES string of the molecule is C=CC(O[Si]C)C(=C)C(=C)C(=C)C(=C)CCCCCCCC. The third kappa shape index (κ3) is 7.76. The van der Waals surface area contributed by atoms with Gasteiger partial charge >= 0.3 is 0 Å². The van der Waals surface area contributed by atoms with Crippen LogP contribution in [0.4, 0.5) is 0 Å². The van der Waals surface area contributed by atoms with Gasteiger partial charge in [-0.3, -0.25) is 0 Å². The van der Waals surface area contributed by atoms with Crippen molar-refractivity contribution in [3.8, 4) is 0 Å². The average Bonchev–Trinajstić information content (AvgIpc) is 2.53. The minimum atomic E-state index is -0.186. The zero-order valence-corrected chi connectivity index (χ0v) is 15.5. The molecule has 0 aromatic carbocycles. The second-order valence-corrected chi connectivity index (χ2v) is 6.23. The molecule has 0 aromatic heterocycles. The third-order valence-corrected chi connectivity index (χ3v) is 4.30. The lowest BCUT2D eigenvalue weighted by molar-refractivity contribution is 0.307. The van der Waals surface area contributed by atoms with Crippen molar-refractivity contribution in [2.45, 2.75) is 64.5 Å². The molecule has 0 aromatic rings. The lowest BCUT2D eigenvalue weighted by Crippen LogP contribution is -2.15. The first kappa shape index (κ1) is 20.9. The van der Waals surface area contributed by atoms with E-state index in [1.165, 1.54) is 38.5 Å². The molecular formula is C20H32OSi. The van der Waals surface area contributed by atoms with Crippen LogP contribution in [0.25, 0.3) is 0 Å². The fourth-order valence-electron chi connectivity index (χ4n) is 2.24. The predicted molar refractivity (Wildman–Crippen MR) is 101 cm³/mol. The van der Waals surface area contributed by atoms with Crippen LogP contribution in [0.1, 0.15) is 51.9 Å². The predicted octanol–water partition coefficient (Wildman–Crippen LogP) is 6.20. The van der Waals surface area contributed by atoms with Crippen molar-refractivity contribution in [1.29, 1.82) is 0 Å². The Labute approximate surface area is 140 Å². The zero-order chi connectivity index (χ0) is 17.0. The summed E-state index contributed by atoms with van der Waals surface area (Å²) in [5, 5.41) is 0. The van der Waals surface area contributed by atoms with Gasteiger partial charge in [0.1, 0.15) is 0 Å². The molecule has 0 aliphatic carbocycles. The summed E-state index contributed by atoms with van der Waals surface area (Å²) in [5.74, 6) is 0. The second kappa shape index (κ2) is 12.4. The number of hydrogen-bond donors (Lipinski definition) is 0. The molecule has 0 spiro atoms. The zero-order valence-electron chi connectivity index (χ0n) is 14.5. The molecule has 1 atom stereocenters. The van der Waals surface area contributed by atoms with Crippen LogP contribution in [0.15, 0.2) is 61.3 Å². The van der Waals surface area contributed by atoms with E-state index in [4.69, 9.17) is 4.43 Å². The highest BCUT2D eigenvalue weighted by Crippen LogP contribution is 2.27. The maximum atomic E-state index is 5.62. The van der Waals surface area contributed by atoms with Crippen LogP contribution in [-0.4, -0.2) is 15.9 Å². The summed E-state index contributed by atoms with van der Waals surface area (Å²) >= 11 is 0. The molecule has 0 bridgehead atoms. The van der Waals surface area contributed by atoms with Crippen molar-refractivity contribution in [3.63, 3.8) is 0 Å². The maximum absolute atomic E-state index is 5.62. The van der Waals surface area contributed by atoms with Gasteiger partial charge in [-0.1, -0.05) is 71.4 Å². The second-order valence-electron chi connectivity index (χ2n) is 5.58. The van der Waals surface area contributed by atoms with Crippen LogP contribution in [0.5, 0.6) is 0 Å². The summed E-state index contributed by atoms with van der Waals surface area (Å²) in [7, 11) is 0.393. The van der Waals surface area contributed by atoms with E-state index >= 15 is 0 Å². The Hall–Kier alpha value is -1.12. The van der Waals surface area contributed by atoms with Crippen LogP contribution >= 0.6 is 0 Å². The molecule has 0 saturated heterocycles. The largest absolute Gasteiger partial charge is 0.407 e. The van der Waals surface area contributed by atoms with Crippen molar-refractivity contribution < 1.29 is 4.43 Å². The van der Waals surface area contributed by atoms with Crippen LogP contribution < -0.4 is 0 Å². The average molecular weight is 317 g/mol. The molecular weight excluding hydrogens is 284 g/mol. The van der Waals surface area contributed by atoms with Crippen molar-refractivity contribution >= 4 is 9.76 Å². The van der Waals surface area contributed by atoms with Gasteiger partial charge in [-0.05, 0) is 41.7 Å². The molecule has 1 unspecified atom stereocenters. The highest BCUT2D eigenvalue weighted by Gasteiger charge is 2.15. The fourth-order valence-corrected chi connectivity index (χ4v) is 2.73. The standard InChI is InChI=1S/C20H32OSi/c1-8-10-11-12-13-14-15-16(3)17(4)18(5)19(6)20(9-2)21-22-7/h9,20H,2-6,8,10-15H2,1,7H3. The molecule has 1 nitrogen and oxygen atoms in total. The minimum Gasteiger partial charge on any atom is -0.407 e. The van der Waals surface area contributed by atoms with Gasteiger partial charge < -0.3 is 4.43 Å². The molecule has 0 aliphatic rings. The molecule has 0 aliphatic heterocycles. The Kier molecular flexibility index (Phi) is 11.8.